The predicted octanol–water partition coefficient (Wildman–Crippen LogP) is 0.877. The van der Waals surface area contributed by atoms with E-state index in [2.05, 4.69) is 13.8 Å². The largest absolute Gasteiger partial charge is 0.347 e. The van der Waals surface area contributed by atoms with Gasteiger partial charge in [-0.05, 0) is 6.42 Å². The zero-order valence-electron chi connectivity index (χ0n) is 7.80. The molecule has 1 aliphatic carbocycles. The molecule has 3 nitrogen and oxygen atoms in total. The third-order valence-corrected chi connectivity index (χ3v) is 3.45. The van der Waals surface area contributed by atoms with Crippen LogP contribution < -0.4 is 5.73 Å². The van der Waals surface area contributed by atoms with Crippen LogP contribution in [0.2, 0.25) is 0 Å². The summed E-state index contributed by atoms with van der Waals surface area (Å²) in [5, 5.41) is 0. The lowest BCUT2D eigenvalue weighted by molar-refractivity contribution is -0.212. The summed E-state index contributed by atoms with van der Waals surface area (Å²) < 4.78 is 11.4. The van der Waals surface area contributed by atoms with Gasteiger partial charge in [0.05, 0.1) is 13.2 Å². The van der Waals surface area contributed by atoms with E-state index in [-0.39, 0.29) is 17.2 Å². The van der Waals surface area contributed by atoms with Crippen LogP contribution in [0.15, 0.2) is 0 Å². The van der Waals surface area contributed by atoms with Crippen molar-refractivity contribution >= 4 is 0 Å². The molecule has 2 N–H and O–H groups in total. The molecule has 2 rings (SSSR count). The lowest BCUT2D eigenvalue weighted by Gasteiger charge is -2.38. The van der Waals surface area contributed by atoms with Crippen molar-refractivity contribution in [3.63, 3.8) is 0 Å². The molecule has 1 saturated heterocycles. The second-order valence-electron chi connectivity index (χ2n) is 4.32. The molecule has 1 saturated carbocycles. The van der Waals surface area contributed by atoms with E-state index >= 15 is 0 Å². The van der Waals surface area contributed by atoms with Gasteiger partial charge >= 0.3 is 0 Å². The maximum atomic E-state index is 6.01. The molecule has 3 heteroatoms. The van der Waals surface area contributed by atoms with Gasteiger partial charge < -0.3 is 15.2 Å². The summed E-state index contributed by atoms with van der Waals surface area (Å²) in [6.45, 7) is 5.71. The molecular formula is C9H17NO2. The highest BCUT2D eigenvalue weighted by molar-refractivity contribution is 5.03. The Balaban J connectivity index is 2.26. The van der Waals surface area contributed by atoms with Crippen molar-refractivity contribution in [1.29, 1.82) is 0 Å². The summed E-state index contributed by atoms with van der Waals surface area (Å²) in [5.41, 5.74) is 5.97. The molecule has 2 aliphatic rings. The maximum absolute atomic E-state index is 6.01. The van der Waals surface area contributed by atoms with Crippen LogP contribution in [0.4, 0.5) is 0 Å². The Morgan fingerprint density at radius 3 is 2.25 bits per heavy atom. The van der Waals surface area contributed by atoms with Crippen molar-refractivity contribution in [2.45, 2.75) is 38.5 Å². The summed E-state index contributed by atoms with van der Waals surface area (Å²) in [7, 11) is 0. The van der Waals surface area contributed by atoms with Gasteiger partial charge in [-0.25, -0.2) is 0 Å². The second-order valence-corrected chi connectivity index (χ2v) is 4.32. The monoisotopic (exact) mass is 171 g/mol. The first-order valence-electron chi connectivity index (χ1n) is 4.62. The number of nitrogens with two attached hydrogens (primary N) is 1. The van der Waals surface area contributed by atoms with E-state index in [1.807, 2.05) is 0 Å². The summed E-state index contributed by atoms with van der Waals surface area (Å²) in [6.07, 6.45) is 1.95. The summed E-state index contributed by atoms with van der Waals surface area (Å²) in [5.74, 6) is -0.369. The maximum Gasteiger partial charge on any atom is 0.175 e. The van der Waals surface area contributed by atoms with E-state index in [9.17, 15) is 0 Å². The molecule has 0 amide bonds. The van der Waals surface area contributed by atoms with E-state index in [1.54, 1.807) is 0 Å². The fraction of sp³-hybridized carbons (Fsp3) is 1.00. The van der Waals surface area contributed by atoms with E-state index in [1.165, 1.54) is 0 Å². The van der Waals surface area contributed by atoms with Crippen LogP contribution in [0.1, 0.15) is 26.7 Å². The first-order valence-corrected chi connectivity index (χ1v) is 4.62. The van der Waals surface area contributed by atoms with Crippen LogP contribution in [0.25, 0.3) is 0 Å². The van der Waals surface area contributed by atoms with Crippen molar-refractivity contribution in [3.8, 4) is 0 Å². The highest BCUT2D eigenvalue weighted by Crippen LogP contribution is 2.50. The molecular weight excluding hydrogens is 154 g/mol. The number of hydrogen-bond donors (Lipinski definition) is 1. The van der Waals surface area contributed by atoms with Gasteiger partial charge in [-0.2, -0.15) is 0 Å². The van der Waals surface area contributed by atoms with Crippen LogP contribution in [-0.4, -0.2) is 25.0 Å². The molecule has 1 heterocycles. The Hall–Kier alpha value is -0.120. The minimum Gasteiger partial charge on any atom is -0.347 e. The first-order chi connectivity index (χ1) is 5.58. The van der Waals surface area contributed by atoms with Gasteiger partial charge in [0.25, 0.3) is 0 Å². The zero-order valence-corrected chi connectivity index (χ0v) is 7.80. The SMILES string of the molecule is CC1(C)C(N)CCC12OCCO2. The Morgan fingerprint density at radius 1 is 1.25 bits per heavy atom. The molecule has 12 heavy (non-hydrogen) atoms. The molecule has 1 atom stereocenters. The summed E-state index contributed by atoms with van der Waals surface area (Å²) >= 11 is 0. The van der Waals surface area contributed by atoms with E-state index in [0.29, 0.717) is 0 Å². The number of rotatable bonds is 0. The Morgan fingerprint density at radius 2 is 1.83 bits per heavy atom. The zero-order chi connectivity index (χ0) is 8.82. The molecule has 0 aromatic heterocycles. The van der Waals surface area contributed by atoms with Crippen molar-refractivity contribution in [1.82, 2.24) is 0 Å². The van der Waals surface area contributed by atoms with E-state index in [4.69, 9.17) is 15.2 Å². The Kier molecular flexibility index (Phi) is 1.72. The van der Waals surface area contributed by atoms with Crippen LogP contribution >= 0.6 is 0 Å². The normalized spacial score (nSPS) is 37.8. The van der Waals surface area contributed by atoms with Crippen LogP contribution in [0, 0.1) is 5.41 Å². The summed E-state index contributed by atoms with van der Waals surface area (Å²) in [4.78, 5) is 0. The van der Waals surface area contributed by atoms with Crippen molar-refractivity contribution in [2.24, 2.45) is 11.1 Å². The van der Waals surface area contributed by atoms with E-state index < -0.39 is 0 Å². The van der Waals surface area contributed by atoms with Gasteiger partial charge in [0.2, 0.25) is 0 Å². The minimum absolute atomic E-state index is 0.0382. The standard InChI is InChI=1S/C9H17NO2/c1-8(2)7(10)3-4-9(8)11-5-6-12-9/h7H,3-6,10H2,1-2H3. The van der Waals surface area contributed by atoms with Gasteiger partial charge in [0.15, 0.2) is 5.79 Å². The topological polar surface area (TPSA) is 44.5 Å². The highest BCUT2D eigenvalue weighted by atomic mass is 16.7. The molecule has 70 valence electrons. The smallest absolute Gasteiger partial charge is 0.175 e. The lowest BCUT2D eigenvalue weighted by atomic mass is 9.83. The first kappa shape index (κ1) is 8.48. The third-order valence-electron chi connectivity index (χ3n) is 3.45. The molecule has 0 bridgehead atoms. The second kappa shape index (κ2) is 2.44. The van der Waals surface area contributed by atoms with Crippen molar-refractivity contribution in [2.75, 3.05) is 13.2 Å². The number of ether oxygens (including phenoxy) is 2. The fourth-order valence-corrected chi connectivity index (χ4v) is 2.28. The van der Waals surface area contributed by atoms with Gasteiger partial charge in [0, 0.05) is 17.9 Å². The Bertz CT molecular complexity index is 185. The van der Waals surface area contributed by atoms with Crippen molar-refractivity contribution < 1.29 is 9.47 Å². The lowest BCUT2D eigenvalue weighted by Crippen LogP contribution is -2.48. The van der Waals surface area contributed by atoms with Crippen LogP contribution in [0.5, 0.6) is 0 Å². The van der Waals surface area contributed by atoms with Gasteiger partial charge in [-0.15, -0.1) is 0 Å². The quantitative estimate of drug-likeness (QED) is 0.588. The molecule has 0 aromatic rings. The Labute approximate surface area is 73.2 Å². The molecule has 1 unspecified atom stereocenters. The van der Waals surface area contributed by atoms with Gasteiger partial charge in [-0.1, -0.05) is 13.8 Å². The molecule has 0 radical (unpaired) electrons. The van der Waals surface area contributed by atoms with Crippen LogP contribution in [0.3, 0.4) is 0 Å². The molecule has 1 aliphatic heterocycles. The van der Waals surface area contributed by atoms with Gasteiger partial charge in [-0.3, -0.25) is 0 Å². The van der Waals surface area contributed by atoms with Crippen LogP contribution in [-0.2, 0) is 9.47 Å². The molecule has 1 spiro atoms. The summed E-state index contributed by atoms with van der Waals surface area (Å²) in [6, 6.07) is 0.204. The molecule has 0 aromatic carbocycles. The minimum atomic E-state index is -0.369. The van der Waals surface area contributed by atoms with Crippen molar-refractivity contribution in [3.05, 3.63) is 0 Å². The third kappa shape index (κ3) is 0.873. The average molecular weight is 171 g/mol. The predicted molar refractivity (Wildman–Crippen MR) is 45.6 cm³/mol. The van der Waals surface area contributed by atoms with Gasteiger partial charge in [0.1, 0.15) is 0 Å². The average Bonchev–Trinajstić information content (AvgIpc) is 2.55. The molecule has 2 fully saturated rings. The van der Waals surface area contributed by atoms with E-state index in [0.717, 1.165) is 26.1 Å². The fourth-order valence-electron chi connectivity index (χ4n) is 2.28. The number of hydrogen-bond acceptors (Lipinski definition) is 3. The highest BCUT2D eigenvalue weighted by Gasteiger charge is 2.57.